The molecule has 1 saturated heterocycles. The summed E-state index contributed by atoms with van der Waals surface area (Å²) in [7, 11) is 1.21. The highest BCUT2D eigenvalue weighted by molar-refractivity contribution is 5.93. The summed E-state index contributed by atoms with van der Waals surface area (Å²) in [6.07, 6.45) is -1.14. The number of hydrogen-bond donors (Lipinski definition) is 1. The summed E-state index contributed by atoms with van der Waals surface area (Å²) < 4.78 is 15.2. The van der Waals surface area contributed by atoms with Gasteiger partial charge in [-0.25, -0.2) is 4.79 Å². The molecule has 1 atom stereocenters. The van der Waals surface area contributed by atoms with Crippen LogP contribution in [0.15, 0.2) is 30.3 Å². The molecule has 0 saturated carbocycles. The second-order valence-electron chi connectivity index (χ2n) is 8.98. The van der Waals surface area contributed by atoms with Gasteiger partial charge in [0.05, 0.1) is 20.0 Å². The molecule has 1 N–H and O–H groups in total. The van der Waals surface area contributed by atoms with E-state index in [1.807, 2.05) is 18.2 Å². The summed E-state index contributed by atoms with van der Waals surface area (Å²) in [5, 5.41) is 2.57. The molecule has 1 aliphatic heterocycles. The summed E-state index contributed by atoms with van der Waals surface area (Å²) in [6, 6.07) is 7.87. The number of hydrogen-bond acceptors (Lipinski definition) is 8. The fraction of sp³-hybridized carbons (Fsp3) is 0.542. The smallest absolute Gasteiger partial charge is 0.410 e. The second kappa shape index (κ2) is 12.7. The average molecular weight is 492 g/mol. The Kier molecular flexibility index (Phi) is 10.0. The molecule has 11 heteroatoms. The molecule has 0 spiro atoms. The first kappa shape index (κ1) is 27.6. The van der Waals surface area contributed by atoms with Gasteiger partial charge in [-0.15, -0.1) is 0 Å². The maximum Gasteiger partial charge on any atom is 0.410 e. The highest BCUT2D eigenvalue weighted by Crippen LogP contribution is 2.17. The van der Waals surface area contributed by atoms with Gasteiger partial charge in [0.15, 0.2) is 0 Å². The summed E-state index contributed by atoms with van der Waals surface area (Å²) in [5.41, 5.74) is 0.132. The lowest BCUT2D eigenvalue weighted by molar-refractivity contribution is -0.154. The van der Waals surface area contributed by atoms with Gasteiger partial charge in [0.2, 0.25) is 11.8 Å². The molecule has 0 aliphatic carbocycles. The first-order valence-electron chi connectivity index (χ1n) is 11.3. The van der Waals surface area contributed by atoms with Crippen molar-refractivity contribution in [3.63, 3.8) is 0 Å². The van der Waals surface area contributed by atoms with Gasteiger partial charge in [-0.3, -0.25) is 24.1 Å². The number of nitrogens with zero attached hydrogens (tertiary/aromatic N) is 2. The fourth-order valence-corrected chi connectivity index (χ4v) is 3.38. The van der Waals surface area contributed by atoms with E-state index in [-0.39, 0.29) is 45.6 Å². The van der Waals surface area contributed by atoms with Crippen molar-refractivity contribution in [3.8, 4) is 0 Å². The van der Waals surface area contributed by atoms with Crippen molar-refractivity contribution in [2.24, 2.45) is 0 Å². The fourth-order valence-electron chi connectivity index (χ4n) is 3.38. The number of amides is 3. The van der Waals surface area contributed by atoms with Gasteiger partial charge in [-0.2, -0.15) is 0 Å². The minimum atomic E-state index is -1.17. The van der Waals surface area contributed by atoms with Crippen LogP contribution in [-0.4, -0.2) is 84.6 Å². The van der Waals surface area contributed by atoms with Crippen molar-refractivity contribution in [1.82, 2.24) is 15.1 Å². The number of ether oxygens (including phenoxy) is 3. The van der Waals surface area contributed by atoms with Gasteiger partial charge >= 0.3 is 18.0 Å². The first-order chi connectivity index (χ1) is 16.5. The molecule has 1 aromatic carbocycles. The lowest BCUT2D eigenvalue weighted by Gasteiger charge is -2.39. The monoisotopic (exact) mass is 491 g/mol. The van der Waals surface area contributed by atoms with E-state index in [0.29, 0.717) is 0 Å². The molecule has 2 rings (SSSR count). The lowest BCUT2D eigenvalue weighted by atomic mass is 10.1. The van der Waals surface area contributed by atoms with E-state index in [1.165, 1.54) is 16.9 Å². The van der Waals surface area contributed by atoms with Crippen molar-refractivity contribution in [1.29, 1.82) is 0 Å². The number of carbonyl (C=O) groups excluding carboxylic acids is 5. The van der Waals surface area contributed by atoms with Crippen molar-refractivity contribution >= 4 is 29.8 Å². The van der Waals surface area contributed by atoms with E-state index < -0.39 is 41.5 Å². The molecule has 192 valence electrons. The van der Waals surface area contributed by atoms with Crippen molar-refractivity contribution in [2.75, 3.05) is 33.3 Å². The van der Waals surface area contributed by atoms with Gasteiger partial charge in [0.25, 0.3) is 0 Å². The molecule has 0 unspecified atom stereocenters. The number of piperazine rings is 1. The third-order valence-electron chi connectivity index (χ3n) is 5.02. The summed E-state index contributed by atoms with van der Waals surface area (Å²) in [4.78, 5) is 64.3. The summed E-state index contributed by atoms with van der Waals surface area (Å²) >= 11 is 0. The average Bonchev–Trinajstić information content (AvgIpc) is 2.79. The third-order valence-corrected chi connectivity index (χ3v) is 5.02. The Morgan fingerprint density at radius 3 is 2.37 bits per heavy atom. The first-order valence-corrected chi connectivity index (χ1v) is 11.3. The second-order valence-corrected chi connectivity index (χ2v) is 8.98. The Hall–Kier alpha value is -3.63. The zero-order valence-electron chi connectivity index (χ0n) is 20.6. The van der Waals surface area contributed by atoms with Crippen LogP contribution in [0.4, 0.5) is 4.79 Å². The molecule has 3 amide bonds. The normalized spacial score (nSPS) is 15.9. The molecular formula is C24H33N3O8. The van der Waals surface area contributed by atoms with Gasteiger partial charge in [-0.05, 0) is 26.3 Å². The quantitative estimate of drug-likeness (QED) is 0.403. The zero-order chi connectivity index (χ0) is 26.0. The zero-order valence-corrected chi connectivity index (χ0v) is 20.6. The van der Waals surface area contributed by atoms with Gasteiger partial charge in [0, 0.05) is 19.6 Å². The Bertz CT molecular complexity index is 913. The molecule has 35 heavy (non-hydrogen) atoms. The Morgan fingerprint density at radius 1 is 1.06 bits per heavy atom. The number of benzene rings is 1. The van der Waals surface area contributed by atoms with E-state index in [4.69, 9.17) is 9.47 Å². The topological polar surface area (TPSA) is 132 Å². The predicted octanol–water partition coefficient (Wildman–Crippen LogP) is 1.25. The molecule has 1 aromatic rings. The minimum absolute atomic E-state index is 0.00500. The van der Waals surface area contributed by atoms with E-state index >= 15 is 0 Å². The standard InChI is InChI=1S/C24H33N3O8/c1-24(2,3)35-20(29)10-11-25-19(28)14-18-22(31)26(15-21(30)33-4)12-13-27(18)23(32)34-16-17-8-6-5-7-9-17/h5-9,18H,10-16H2,1-4H3,(H,25,28)/t18-/m0/s1. The summed E-state index contributed by atoms with van der Waals surface area (Å²) in [5.74, 6) is -2.19. The van der Waals surface area contributed by atoms with Crippen LogP contribution in [0, 0.1) is 0 Å². The van der Waals surface area contributed by atoms with E-state index in [2.05, 4.69) is 10.1 Å². The third kappa shape index (κ3) is 9.26. The number of nitrogens with one attached hydrogen (secondary N) is 1. The molecule has 11 nitrogen and oxygen atoms in total. The Balaban J connectivity index is 2.01. The number of esters is 2. The lowest BCUT2D eigenvalue weighted by Crippen LogP contribution is -2.60. The highest BCUT2D eigenvalue weighted by Gasteiger charge is 2.40. The van der Waals surface area contributed by atoms with E-state index in [1.54, 1.807) is 32.9 Å². The van der Waals surface area contributed by atoms with Crippen LogP contribution in [0.2, 0.25) is 0 Å². The number of methoxy groups -OCH3 is 1. The maximum atomic E-state index is 13.1. The minimum Gasteiger partial charge on any atom is -0.468 e. The Labute approximate surface area is 204 Å². The van der Waals surface area contributed by atoms with Crippen LogP contribution in [0.3, 0.4) is 0 Å². The summed E-state index contributed by atoms with van der Waals surface area (Å²) in [6.45, 7) is 5.11. The molecule has 1 heterocycles. The molecule has 1 fully saturated rings. The van der Waals surface area contributed by atoms with Crippen LogP contribution in [-0.2, 0) is 40.0 Å². The van der Waals surface area contributed by atoms with Crippen LogP contribution in [0.25, 0.3) is 0 Å². The maximum absolute atomic E-state index is 13.1. The van der Waals surface area contributed by atoms with Gasteiger partial charge in [0.1, 0.15) is 24.8 Å². The van der Waals surface area contributed by atoms with Crippen LogP contribution < -0.4 is 5.32 Å². The molecule has 1 aliphatic rings. The largest absolute Gasteiger partial charge is 0.468 e. The van der Waals surface area contributed by atoms with Crippen LogP contribution >= 0.6 is 0 Å². The molecule has 0 radical (unpaired) electrons. The molecule has 0 aromatic heterocycles. The SMILES string of the molecule is COC(=O)CN1CCN(C(=O)OCc2ccccc2)[C@@H](CC(=O)NCCC(=O)OC(C)(C)C)C1=O. The van der Waals surface area contributed by atoms with Crippen molar-refractivity contribution in [3.05, 3.63) is 35.9 Å². The molecular weight excluding hydrogens is 458 g/mol. The van der Waals surface area contributed by atoms with Gasteiger partial charge in [-0.1, -0.05) is 30.3 Å². The molecule has 0 bridgehead atoms. The van der Waals surface area contributed by atoms with E-state index in [9.17, 15) is 24.0 Å². The van der Waals surface area contributed by atoms with Crippen LogP contribution in [0.5, 0.6) is 0 Å². The Morgan fingerprint density at radius 2 is 1.74 bits per heavy atom. The highest BCUT2D eigenvalue weighted by atomic mass is 16.6. The van der Waals surface area contributed by atoms with Crippen LogP contribution in [0.1, 0.15) is 39.2 Å². The van der Waals surface area contributed by atoms with Gasteiger partial charge < -0.3 is 24.4 Å². The van der Waals surface area contributed by atoms with E-state index in [0.717, 1.165) is 5.56 Å². The predicted molar refractivity (Wildman–Crippen MR) is 124 cm³/mol. The van der Waals surface area contributed by atoms with Crippen molar-refractivity contribution < 1.29 is 38.2 Å². The number of rotatable bonds is 9. The van der Waals surface area contributed by atoms with Crippen molar-refractivity contribution in [2.45, 2.75) is 51.9 Å². The number of carbonyl (C=O) groups is 5.